The summed E-state index contributed by atoms with van der Waals surface area (Å²) in [4.78, 5) is 11.8. The van der Waals surface area contributed by atoms with E-state index in [2.05, 4.69) is 28.8 Å². The Bertz CT molecular complexity index is 514. The topological polar surface area (TPSA) is 41.6 Å². The van der Waals surface area contributed by atoms with Gasteiger partial charge in [-0.3, -0.25) is 0 Å². The van der Waals surface area contributed by atoms with E-state index >= 15 is 0 Å². The van der Waals surface area contributed by atoms with Crippen molar-refractivity contribution in [2.45, 2.75) is 20.3 Å². The lowest BCUT2D eigenvalue weighted by molar-refractivity contribution is 0.634. The fourth-order valence-corrected chi connectivity index (χ4v) is 2.28. The van der Waals surface area contributed by atoms with Crippen LogP contribution in [0.1, 0.15) is 19.5 Å². The molecule has 5 heteroatoms. The first kappa shape index (κ1) is 11.4. The first-order valence-corrected chi connectivity index (χ1v) is 6.49. The summed E-state index contributed by atoms with van der Waals surface area (Å²) < 4.78 is 0.623. The van der Waals surface area contributed by atoms with E-state index in [4.69, 9.17) is 12.2 Å². The minimum Gasteiger partial charge on any atom is -0.342 e. The highest BCUT2D eigenvalue weighted by Crippen LogP contribution is 2.16. The molecule has 0 spiro atoms. The van der Waals surface area contributed by atoms with E-state index in [1.165, 1.54) is 0 Å². The highest BCUT2D eigenvalue weighted by molar-refractivity contribution is 7.71. The van der Waals surface area contributed by atoms with Gasteiger partial charge in [-0.25, -0.2) is 9.97 Å². The average Bonchev–Trinajstić information content (AvgIpc) is 2.67. The number of aromatic nitrogens is 3. The first-order chi connectivity index (χ1) is 7.65. The molecule has 2 aromatic heterocycles. The molecular formula is C11H13N3S2. The Morgan fingerprint density at radius 2 is 2.31 bits per heavy atom. The molecule has 3 nitrogen and oxygen atoms in total. The second-order valence-electron chi connectivity index (χ2n) is 4.06. The van der Waals surface area contributed by atoms with E-state index in [0.717, 1.165) is 23.6 Å². The molecule has 0 amide bonds. The Labute approximate surface area is 104 Å². The molecule has 0 saturated carbocycles. The van der Waals surface area contributed by atoms with Gasteiger partial charge < -0.3 is 4.98 Å². The minimum absolute atomic E-state index is 0.594. The molecule has 16 heavy (non-hydrogen) atoms. The van der Waals surface area contributed by atoms with E-state index in [1.807, 2.05) is 11.4 Å². The molecule has 0 aromatic carbocycles. The van der Waals surface area contributed by atoms with Gasteiger partial charge in [-0.15, -0.1) is 11.3 Å². The Hall–Kier alpha value is -1.07. The lowest BCUT2D eigenvalue weighted by Gasteiger charge is -2.06. The quantitative estimate of drug-likeness (QED) is 0.849. The van der Waals surface area contributed by atoms with Crippen LogP contribution in [0.25, 0.3) is 11.5 Å². The van der Waals surface area contributed by atoms with Crippen molar-refractivity contribution >= 4 is 23.6 Å². The van der Waals surface area contributed by atoms with E-state index in [-0.39, 0.29) is 0 Å². The molecule has 0 aliphatic rings. The molecule has 0 unspecified atom stereocenters. The van der Waals surface area contributed by atoms with Gasteiger partial charge >= 0.3 is 0 Å². The van der Waals surface area contributed by atoms with Crippen LogP contribution >= 0.6 is 23.6 Å². The molecule has 2 heterocycles. The maximum atomic E-state index is 5.16. The Kier molecular flexibility index (Phi) is 3.46. The van der Waals surface area contributed by atoms with Gasteiger partial charge in [0.15, 0.2) is 5.82 Å². The van der Waals surface area contributed by atoms with Crippen LogP contribution in [0.4, 0.5) is 0 Å². The Morgan fingerprint density at radius 1 is 1.50 bits per heavy atom. The molecule has 0 radical (unpaired) electrons. The lowest BCUT2D eigenvalue weighted by atomic mass is 10.1. The lowest BCUT2D eigenvalue weighted by Crippen LogP contribution is -2.00. The van der Waals surface area contributed by atoms with E-state index in [0.29, 0.717) is 10.6 Å². The van der Waals surface area contributed by atoms with Crippen LogP contribution < -0.4 is 0 Å². The molecule has 0 aliphatic heterocycles. The zero-order valence-electron chi connectivity index (χ0n) is 9.23. The number of nitrogens with zero attached hydrogens (tertiary/aromatic N) is 2. The van der Waals surface area contributed by atoms with Crippen molar-refractivity contribution in [2.24, 2.45) is 5.92 Å². The molecule has 0 saturated heterocycles. The summed E-state index contributed by atoms with van der Waals surface area (Å²) in [6, 6.07) is 1.92. The maximum Gasteiger partial charge on any atom is 0.158 e. The van der Waals surface area contributed by atoms with Gasteiger partial charge in [-0.05, 0) is 18.4 Å². The number of hydrogen-bond donors (Lipinski definition) is 1. The predicted octanol–water partition coefficient (Wildman–Crippen LogP) is 3.46. The highest BCUT2D eigenvalue weighted by atomic mass is 32.1. The predicted molar refractivity (Wildman–Crippen MR) is 69.1 cm³/mol. The summed E-state index contributed by atoms with van der Waals surface area (Å²) >= 11 is 6.71. The summed E-state index contributed by atoms with van der Waals surface area (Å²) in [5, 5.41) is 1.97. The number of rotatable bonds is 3. The third-order valence-corrected chi connectivity index (χ3v) is 2.90. The van der Waals surface area contributed by atoms with Gasteiger partial charge in [0.05, 0.1) is 5.51 Å². The van der Waals surface area contributed by atoms with Crippen molar-refractivity contribution in [2.75, 3.05) is 0 Å². The van der Waals surface area contributed by atoms with Crippen molar-refractivity contribution in [1.29, 1.82) is 0 Å². The summed E-state index contributed by atoms with van der Waals surface area (Å²) in [6.45, 7) is 4.36. The average molecular weight is 251 g/mol. The molecule has 0 atom stereocenters. The van der Waals surface area contributed by atoms with Crippen LogP contribution in [-0.2, 0) is 6.42 Å². The molecule has 1 N–H and O–H groups in total. The van der Waals surface area contributed by atoms with Crippen LogP contribution in [0.15, 0.2) is 17.0 Å². The SMILES string of the molecule is CC(C)Cc1cc(=S)nc(-c2cscn2)[nH]1. The molecule has 2 aromatic rings. The van der Waals surface area contributed by atoms with Crippen molar-refractivity contribution in [3.8, 4) is 11.5 Å². The summed E-state index contributed by atoms with van der Waals surface area (Å²) in [7, 11) is 0. The van der Waals surface area contributed by atoms with Gasteiger partial charge in [0.2, 0.25) is 0 Å². The second-order valence-corrected chi connectivity index (χ2v) is 5.20. The van der Waals surface area contributed by atoms with Crippen LogP contribution in [0, 0.1) is 10.6 Å². The van der Waals surface area contributed by atoms with E-state index in [9.17, 15) is 0 Å². The van der Waals surface area contributed by atoms with Crippen molar-refractivity contribution in [1.82, 2.24) is 15.0 Å². The van der Waals surface area contributed by atoms with Crippen molar-refractivity contribution < 1.29 is 0 Å². The first-order valence-electron chi connectivity index (χ1n) is 5.14. The number of nitrogens with one attached hydrogen (secondary N) is 1. The fraction of sp³-hybridized carbons (Fsp3) is 0.364. The van der Waals surface area contributed by atoms with E-state index < -0.39 is 0 Å². The minimum atomic E-state index is 0.594. The normalized spacial score (nSPS) is 10.9. The van der Waals surface area contributed by atoms with Gasteiger partial charge in [0.1, 0.15) is 10.3 Å². The fourth-order valence-electron chi connectivity index (χ4n) is 1.51. The van der Waals surface area contributed by atoms with Crippen molar-refractivity contribution in [3.05, 3.63) is 27.3 Å². The summed E-state index contributed by atoms with van der Waals surface area (Å²) in [5.41, 5.74) is 3.78. The zero-order chi connectivity index (χ0) is 11.5. The summed E-state index contributed by atoms with van der Waals surface area (Å²) in [6.07, 6.45) is 0.975. The molecule has 2 rings (SSSR count). The monoisotopic (exact) mass is 251 g/mol. The third-order valence-electron chi connectivity index (χ3n) is 2.10. The molecule has 0 fully saturated rings. The maximum absolute atomic E-state index is 5.16. The van der Waals surface area contributed by atoms with Crippen LogP contribution in [0.2, 0.25) is 0 Å². The third kappa shape index (κ3) is 2.74. The van der Waals surface area contributed by atoms with Crippen LogP contribution in [-0.4, -0.2) is 15.0 Å². The number of hydrogen-bond acceptors (Lipinski definition) is 4. The number of H-pyrrole nitrogens is 1. The standard InChI is InChI=1S/C11H13N3S2/c1-7(2)3-8-4-10(15)14-11(13-8)9-5-16-6-12-9/h4-7H,3H2,1-2H3,(H,13,14,15). The number of thiazole rings is 1. The number of aromatic amines is 1. The van der Waals surface area contributed by atoms with Gasteiger partial charge in [0.25, 0.3) is 0 Å². The van der Waals surface area contributed by atoms with Crippen molar-refractivity contribution in [3.63, 3.8) is 0 Å². The molecule has 0 bridgehead atoms. The smallest absolute Gasteiger partial charge is 0.158 e. The van der Waals surface area contributed by atoms with Gasteiger partial charge in [-0.1, -0.05) is 26.1 Å². The van der Waals surface area contributed by atoms with Gasteiger partial charge in [0, 0.05) is 11.1 Å². The highest BCUT2D eigenvalue weighted by Gasteiger charge is 2.05. The Morgan fingerprint density at radius 3 is 2.94 bits per heavy atom. The molecule has 84 valence electrons. The Balaban J connectivity index is 2.40. The zero-order valence-corrected chi connectivity index (χ0v) is 10.9. The van der Waals surface area contributed by atoms with Crippen LogP contribution in [0.5, 0.6) is 0 Å². The van der Waals surface area contributed by atoms with Crippen LogP contribution in [0.3, 0.4) is 0 Å². The molecule has 0 aliphatic carbocycles. The second kappa shape index (κ2) is 4.84. The molecular weight excluding hydrogens is 238 g/mol. The van der Waals surface area contributed by atoms with E-state index in [1.54, 1.807) is 16.8 Å². The summed E-state index contributed by atoms with van der Waals surface area (Å²) in [5.74, 6) is 1.36. The largest absolute Gasteiger partial charge is 0.342 e. The van der Waals surface area contributed by atoms with Gasteiger partial charge in [-0.2, -0.15) is 0 Å².